The molecule has 1 aromatic carbocycles. The molecule has 5 nitrogen and oxygen atoms in total. The minimum atomic E-state index is -0.639. The van der Waals surface area contributed by atoms with E-state index in [1.165, 1.54) is 18.6 Å². The minimum Gasteiger partial charge on any atom is -0.472 e. The molecule has 0 fully saturated rings. The zero-order chi connectivity index (χ0) is 13.2. The lowest BCUT2D eigenvalue weighted by molar-refractivity contribution is 0.489. The van der Waals surface area contributed by atoms with Gasteiger partial charge in [0.25, 0.3) is 5.89 Å². The first-order valence-electron chi connectivity index (χ1n) is 5.58. The maximum Gasteiger partial charge on any atom is 0.437 e. The molecule has 2 heterocycles. The van der Waals surface area contributed by atoms with Gasteiger partial charge >= 0.3 is 5.76 Å². The molecule has 3 aromatic rings. The summed E-state index contributed by atoms with van der Waals surface area (Å²) in [4.78, 5) is 11.6. The predicted octanol–water partition coefficient (Wildman–Crippen LogP) is 2.28. The van der Waals surface area contributed by atoms with Gasteiger partial charge in [-0.25, -0.2) is 9.18 Å². The van der Waals surface area contributed by atoms with Gasteiger partial charge in [-0.3, -0.25) is 0 Å². The number of aromatic nitrogens is 2. The summed E-state index contributed by atoms with van der Waals surface area (Å²) < 4.78 is 24.4. The predicted molar refractivity (Wildman–Crippen MR) is 64.0 cm³/mol. The Kier molecular flexibility index (Phi) is 2.75. The van der Waals surface area contributed by atoms with E-state index in [1.807, 2.05) is 0 Å². The van der Waals surface area contributed by atoms with Gasteiger partial charge in [0.15, 0.2) is 0 Å². The minimum absolute atomic E-state index is 0.0207. The normalized spacial score (nSPS) is 10.8. The van der Waals surface area contributed by atoms with Crippen LogP contribution in [0.3, 0.4) is 0 Å². The molecule has 0 amide bonds. The molecule has 3 rings (SSSR count). The van der Waals surface area contributed by atoms with Crippen molar-refractivity contribution in [1.82, 2.24) is 9.78 Å². The van der Waals surface area contributed by atoms with E-state index in [-0.39, 0.29) is 18.3 Å². The average molecular weight is 260 g/mol. The van der Waals surface area contributed by atoms with Crippen LogP contribution in [-0.4, -0.2) is 9.78 Å². The molecular formula is C13H9FN2O3. The third-order valence-corrected chi connectivity index (χ3v) is 2.65. The number of hydrogen-bond acceptors (Lipinski definition) is 4. The van der Waals surface area contributed by atoms with Crippen LogP contribution >= 0.6 is 0 Å². The van der Waals surface area contributed by atoms with Gasteiger partial charge < -0.3 is 8.83 Å². The fourth-order valence-corrected chi connectivity index (χ4v) is 1.70. The molecule has 0 aliphatic heterocycles. The SMILES string of the molecule is O=c1oc(-c2ccoc2)nn1Cc1ccccc1F. The quantitative estimate of drug-likeness (QED) is 0.724. The van der Waals surface area contributed by atoms with Crippen LogP contribution in [0.4, 0.5) is 4.39 Å². The molecule has 19 heavy (non-hydrogen) atoms. The highest BCUT2D eigenvalue weighted by molar-refractivity contribution is 5.49. The fraction of sp³-hybridized carbons (Fsp3) is 0.0769. The molecule has 0 saturated heterocycles. The Hall–Kier alpha value is -2.63. The molecular weight excluding hydrogens is 251 g/mol. The van der Waals surface area contributed by atoms with Gasteiger partial charge in [0, 0.05) is 5.56 Å². The van der Waals surface area contributed by atoms with Crippen LogP contribution in [-0.2, 0) is 6.54 Å². The Morgan fingerprint density at radius 1 is 1.26 bits per heavy atom. The highest BCUT2D eigenvalue weighted by atomic mass is 19.1. The maximum absolute atomic E-state index is 13.5. The van der Waals surface area contributed by atoms with Gasteiger partial charge in [0.1, 0.15) is 12.1 Å². The zero-order valence-electron chi connectivity index (χ0n) is 9.75. The number of nitrogens with zero attached hydrogens (tertiary/aromatic N) is 2. The van der Waals surface area contributed by atoms with Crippen molar-refractivity contribution < 1.29 is 13.2 Å². The first-order chi connectivity index (χ1) is 9.24. The number of hydrogen-bond donors (Lipinski definition) is 0. The Balaban J connectivity index is 1.95. The van der Waals surface area contributed by atoms with Crippen LogP contribution in [0.25, 0.3) is 11.5 Å². The lowest BCUT2D eigenvalue weighted by Gasteiger charge is -2.00. The van der Waals surface area contributed by atoms with E-state index < -0.39 is 5.76 Å². The Morgan fingerprint density at radius 3 is 2.84 bits per heavy atom. The molecule has 0 saturated carbocycles. The summed E-state index contributed by atoms with van der Waals surface area (Å²) in [6.45, 7) is 0.0207. The molecule has 0 spiro atoms. The maximum atomic E-state index is 13.5. The average Bonchev–Trinajstić information content (AvgIpc) is 3.02. The highest BCUT2D eigenvalue weighted by Crippen LogP contribution is 2.15. The molecule has 2 aromatic heterocycles. The zero-order valence-corrected chi connectivity index (χ0v) is 9.75. The molecule has 0 aliphatic carbocycles. The van der Waals surface area contributed by atoms with E-state index >= 15 is 0 Å². The number of furan rings is 1. The van der Waals surface area contributed by atoms with Crippen molar-refractivity contribution in [2.45, 2.75) is 6.54 Å². The molecule has 6 heteroatoms. The molecule has 0 atom stereocenters. The Labute approximate surface area is 106 Å². The van der Waals surface area contributed by atoms with E-state index in [0.717, 1.165) is 4.68 Å². The van der Waals surface area contributed by atoms with Gasteiger partial charge in [-0.05, 0) is 12.1 Å². The summed E-state index contributed by atoms with van der Waals surface area (Å²) in [6, 6.07) is 7.83. The van der Waals surface area contributed by atoms with Crippen molar-refractivity contribution in [2.75, 3.05) is 0 Å². The summed E-state index contributed by atoms with van der Waals surface area (Å²) in [5, 5.41) is 4.00. The molecule has 0 bridgehead atoms. The summed E-state index contributed by atoms with van der Waals surface area (Å²) in [7, 11) is 0. The monoisotopic (exact) mass is 260 g/mol. The van der Waals surface area contributed by atoms with E-state index in [2.05, 4.69) is 5.10 Å². The van der Waals surface area contributed by atoms with Crippen LogP contribution < -0.4 is 5.76 Å². The molecule has 0 aliphatic rings. The van der Waals surface area contributed by atoms with Crippen LogP contribution in [0.1, 0.15) is 5.56 Å². The van der Waals surface area contributed by atoms with Gasteiger partial charge in [-0.1, -0.05) is 18.2 Å². The van der Waals surface area contributed by atoms with E-state index in [9.17, 15) is 9.18 Å². The van der Waals surface area contributed by atoms with Gasteiger partial charge in [-0.15, -0.1) is 5.10 Å². The second-order valence-electron chi connectivity index (χ2n) is 3.93. The third kappa shape index (κ3) is 2.20. The topological polar surface area (TPSA) is 61.2 Å². The summed E-state index contributed by atoms with van der Waals surface area (Å²) in [5.41, 5.74) is 0.932. The first kappa shape index (κ1) is 11.5. The van der Waals surface area contributed by atoms with Crippen LogP contribution in [0.2, 0.25) is 0 Å². The van der Waals surface area contributed by atoms with Crippen LogP contribution in [0.15, 0.2) is 56.5 Å². The second-order valence-corrected chi connectivity index (χ2v) is 3.93. The van der Waals surface area contributed by atoms with Crippen molar-refractivity contribution in [2.24, 2.45) is 0 Å². The van der Waals surface area contributed by atoms with Gasteiger partial charge in [0.05, 0.1) is 18.4 Å². The smallest absolute Gasteiger partial charge is 0.437 e. The summed E-state index contributed by atoms with van der Waals surface area (Å²) in [6.07, 6.45) is 2.87. The van der Waals surface area contributed by atoms with Gasteiger partial charge in [0.2, 0.25) is 0 Å². The first-order valence-corrected chi connectivity index (χ1v) is 5.58. The lowest BCUT2D eigenvalue weighted by Crippen LogP contribution is -2.17. The van der Waals surface area contributed by atoms with E-state index in [4.69, 9.17) is 8.83 Å². The lowest BCUT2D eigenvalue weighted by atomic mass is 10.2. The highest BCUT2D eigenvalue weighted by Gasteiger charge is 2.12. The number of benzene rings is 1. The summed E-state index contributed by atoms with van der Waals surface area (Å²) >= 11 is 0. The van der Waals surface area contributed by atoms with Gasteiger partial charge in [-0.2, -0.15) is 4.68 Å². The molecule has 0 radical (unpaired) electrons. The van der Waals surface area contributed by atoms with Crippen molar-refractivity contribution in [3.63, 3.8) is 0 Å². The fourth-order valence-electron chi connectivity index (χ4n) is 1.70. The standard InChI is InChI=1S/C13H9FN2O3/c14-11-4-2-1-3-9(11)7-16-13(17)19-12(15-16)10-5-6-18-8-10/h1-6,8H,7H2. The van der Waals surface area contributed by atoms with Crippen molar-refractivity contribution in [1.29, 1.82) is 0 Å². The summed E-state index contributed by atoms with van der Waals surface area (Å²) in [5.74, 6) is -0.878. The van der Waals surface area contributed by atoms with Crippen molar-refractivity contribution in [3.8, 4) is 11.5 Å². The van der Waals surface area contributed by atoms with Crippen molar-refractivity contribution >= 4 is 0 Å². The third-order valence-electron chi connectivity index (χ3n) is 2.65. The van der Waals surface area contributed by atoms with Crippen molar-refractivity contribution in [3.05, 3.63) is 64.8 Å². The largest absolute Gasteiger partial charge is 0.472 e. The number of rotatable bonds is 3. The van der Waals surface area contributed by atoms with E-state index in [1.54, 1.807) is 24.3 Å². The van der Waals surface area contributed by atoms with Crippen LogP contribution in [0.5, 0.6) is 0 Å². The second kappa shape index (κ2) is 4.56. The molecule has 0 unspecified atom stereocenters. The Morgan fingerprint density at radius 2 is 2.11 bits per heavy atom. The molecule has 96 valence electrons. The van der Waals surface area contributed by atoms with Crippen LogP contribution in [0, 0.1) is 5.82 Å². The molecule has 0 N–H and O–H groups in total. The Bertz CT molecular complexity index is 743. The number of halogens is 1. The van der Waals surface area contributed by atoms with E-state index in [0.29, 0.717) is 11.1 Å².